The van der Waals surface area contributed by atoms with Crippen molar-refractivity contribution in [1.29, 1.82) is 0 Å². The maximum absolute atomic E-state index is 13.7. The average molecular weight is 534 g/mol. The molecule has 1 saturated carbocycles. The second-order valence-corrected chi connectivity index (χ2v) is 10.7. The molecule has 3 heterocycles. The van der Waals surface area contributed by atoms with Crippen LogP contribution in [-0.4, -0.2) is 41.6 Å². The number of rotatable bonds is 8. The summed E-state index contributed by atoms with van der Waals surface area (Å²) < 4.78 is 67.2. The number of hydrogen-bond donors (Lipinski definition) is 3. The molecular weight excluding hydrogens is 511 g/mol. The Morgan fingerprint density at radius 3 is 2.68 bits per heavy atom. The molecule has 0 spiro atoms. The van der Waals surface area contributed by atoms with Crippen molar-refractivity contribution in [3.63, 3.8) is 0 Å². The molecule has 0 radical (unpaired) electrons. The van der Waals surface area contributed by atoms with E-state index in [1.165, 1.54) is 10.5 Å². The van der Waals surface area contributed by atoms with Crippen molar-refractivity contribution in [3.8, 4) is 0 Å². The fraction of sp³-hybridized carbons (Fsp3) is 0.304. The summed E-state index contributed by atoms with van der Waals surface area (Å²) in [4.78, 5) is 23.6. The van der Waals surface area contributed by atoms with E-state index in [2.05, 4.69) is 30.9 Å². The van der Waals surface area contributed by atoms with Crippen LogP contribution in [0.25, 0.3) is 0 Å². The summed E-state index contributed by atoms with van der Waals surface area (Å²) in [7, 11) is -3.64. The van der Waals surface area contributed by atoms with Gasteiger partial charge in [0.2, 0.25) is 21.9 Å². The van der Waals surface area contributed by atoms with E-state index in [0.717, 1.165) is 11.8 Å². The maximum atomic E-state index is 13.7. The molecular formula is C23H22F3N7O3S. The summed E-state index contributed by atoms with van der Waals surface area (Å²) in [6, 6.07) is 8.01. The van der Waals surface area contributed by atoms with E-state index >= 15 is 0 Å². The summed E-state index contributed by atoms with van der Waals surface area (Å²) >= 11 is 0. The first-order valence-corrected chi connectivity index (χ1v) is 13.1. The van der Waals surface area contributed by atoms with Gasteiger partial charge in [-0.3, -0.25) is 9.10 Å². The molecule has 2 aliphatic rings. The zero-order valence-corrected chi connectivity index (χ0v) is 20.3. The van der Waals surface area contributed by atoms with E-state index in [9.17, 15) is 26.4 Å². The standard InChI is InChI=1S/C23H22F3N7O3S/c1-37(35,36)33(16-6-7-16)21-14(3-2-8-27-21)11-28-20-17(23(24,25)26)12-29-22(32-20)30-15-5-4-13-9-19(34)31-18(13)10-15/h2-5,8,10,12,16H,6-7,9,11H2,1H3,(H,31,34)(H2,28,29,30,32). The zero-order chi connectivity index (χ0) is 26.4. The minimum absolute atomic E-state index is 0.0954. The molecule has 0 unspecified atom stereocenters. The molecule has 0 saturated heterocycles. The van der Waals surface area contributed by atoms with E-state index in [4.69, 9.17) is 0 Å². The van der Waals surface area contributed by atoms with Crippen LogP contribution in [0.2, 0.25) is 0 Å². The van der Waals surface area contributed by atoms with Gasteiger partial charge in [0, 0.05) is 41.9 Å². The Morgan fingerprint density at radius 1 is 1.19 bits per heavy atom. The molecule has 10 nitrogen and oxygen atoms in total. The van der Waals surface area contributed by atoms with E-state index < -0.39 is 27.6 Å². The minimum Gasteiger partial charge on any atom is -0.365 e. The Morgan fingerprint density at radius 2 is 1.97 bits per heavy atom. The first-order valence-electron chi connectivity index (χ1n) is 11.3. The Hall–Kier alpha value is -3.94. The molecule has 194 valence electrons. The SMILES string of the molecule is CS(=O)(=O)N(c1ncccc1CNc1nc(Nc2ccc3c(c2)NC(=O)C3)ncc1C(F)(F)F)C1CC1. The molecule has 2 aromatic heterocycles. The van der Waals surface area contributed by atoms with Crippen molar-refractivity contribution in [2.75, 3.05) is 26.5 Å². The number of nitrogens with one attached hydrogen (secondary N) is 3. The Bertz CT molecular complexity index is 1480. The third-order valence-corrected chi connectivity index (χ3v) is 7.03. The monoisotopic (exact) mass is 533 g/mol. The van der Waals surface area contributed by atoms with Gasteiger partial charge in [-0.05, 0) is 36.6 Å². The molecule has 3 aromatic rings. The third-order valence-electron chi connectivity index (χ3n) is 5.84. The lowest BCUT2D eigenvalue weighted by atomic mass is 10.1. The van der Waals surface area contributed by atoms with Crippen LogP contribution in [0.15, 0.2) is 42.7 Å². The Labute approximate surface area is 210 Å². The van der Waals surface area contributed by atoms with Gasteiger partial charge in [-0.2, -0.15) is 18.2 Å². The van der Waals surface area contributed by atoms with Crippen LogP contribution in [0.1, 0.15) is 29.5 Å². The third kappa shape index (κ3) is 5.43. The number of halogens is 3. The number of alkyl halides is 3. The number of amides is 1. The molecule has 3 N–H and O–H groups in total. The van der Waals surface area contributed by atoms with Gasteiger partial charge in [-0.15, -0.1) is 0 Å². The van der Waals surface area contributed by atoms with Crippen molar-refractivity contribution in [2.24, 2.45) is 0 Å². The number of fused-ring (bicyclic) bond motifs is 1. The number of pyridine rings is 1. The van der Waals surface area contributed by atoms with Crippen molar-refractivity contribution in [2.45, 2.75) is 38.0 Å². The molecule has 1 aromatic carbocycles. The summed E-state index contributed by atoms with van der Waals surface area (Å²) in [5, 5.41) is 8.25. The van der Waals surface area contributed by atoms with Gasteiger partial charge in [-0.25, -0.2) is 18.4 Å². The van der Waals surface area contributed by atoms with Crippen LogP contribution in [0.4, 0.5) is 42.1 Å². The predicted molar refractivity (Wildman–Crippen MR) is 131 cm³/mol. The second-order valence-electron chi connectivity index (χ2n) is 8.81. The number of anilines is 5. The van der Waals surface area contributed by atoms with E-state index in [1.807, 2.05) is 0 Å². The van der Waals surface area contributed by atoms with Crippen LogP contribution in [0.5, 0.6) is 0 Å². The highest BCUT2D eigenvalue weighted by molar-refractivity contribution is 7.92. The summed E-state index contributed by atoms with van der Waals surface area (Å²) in [6.45, 7) is -0.160. The van der Waals surface area contributed by atoms with Gasteiger partial charge in [-0.1, -0.05) is 12.1 Å². The molecule has 1 aliphatic heterocycles. The highest BCUT2D eigenvalue weighted by Crippen LogP contribution is 2.37. The highest BCUT2D eigenvalue weighted by Gasteiger charge is 2.38. The topological polar surface area (TPSA) is 129 Å². The Kier molecular flexibility index (Phi) is 6.14. The van der Waals surface area contributed by atoms with Crippen LogP contribution in [-0.2, 0) is 34.0 Å². The lowest BCUT2D eigenvalue weighted by Crippen LogP contribution is -2.33. The number of sulfonamides is 1. The molecule has 14 heteroatoms. The molecule has 1 amide bonds. The summed E-state index contributed by atoms with van der Waals surface area (Å²) in [5.41, 5.74) is 1.22. The van der Waals surface area contributed by atoms with Crippen molar-refractivity contribution in [3.05, 3.63) is 59.4 Å². The molecule has 5 rings (SSSR count). The van der Waals surface area contributed by atoms with E-state index in [-0.39, 0.29) is 36.7 Å². The number of carbonyl (C=O) groups excluding carboxylic acids is 1. The fourth-order valence-electron chi connectivity index (χ4n) is 4.06. The highest BCUT2D eigenvalue weighted by atomic mass is 32.2. The van der Waals surface area contributed by atoms with Crippen LogP contribution < -0.4 is 20.3 Å². The van der Waals surface area contributed by atoms with Gasteiger partial charge in [0.15, 0.2) is 0 Å². The van der Waals surface area contributed by atoms with Crippen molar-refractivity contribution < 1.29 is 26.4 Å². The number of hydrogen-bond acceptors (Lipinski definition) is 8. The lowest BCUT2D eigenvalue weighted by molar-refractivity contribution is -0.137. The van der Waals surface area contributed by atoms with E-state index in [1.54, 1.807) is 30.3 Å². The zero-order valence-electron chi connectivity index (χ0n) is 19.5. The average Bonchev–Trinajstić information content (AvgIpc) is 3.56. The molecule has 0 bridgehead atoms. The second kappa shape index (κ2) is 9.18. The molecule has 1 fully saturated rings. The summed E-state index contributed by atoms with van der Waals surface area (Å²) in [6.07, 6.45) is 0.0731. The van der Waals surface area contributed by atoms with Gasteiger partial charge in [0.25, 0.3) is 0 Å². The quantitative estimate of drug-likeness (QED) is 0.400. The summed E-state index contributed by atoms with van der Waals surface area (Å²) in [5.74, 6) is -0.551. The molecule has 1 aliphatic carbocycles. The molecule has 37 heavy (non-hydrogen) atoms. The largest absolute Gasteiger partial charge is 0.421 e. The number of nitrogens with zero attached hydrogens (tertiary/aromatic N) is 4. The smallest absolute Gasteiger partial charge is 0.365 e. The van der Waals surface area contributed by atoms with Gasteiger partial charge in [0.05, 0.1) is 12.7 Å². The minimum atomic E-state index is -4.73. The molecule has 0 atom stereocenters. The van der Waals surface area contributed by atoms with Gasteiger partial charge >= 0.3 is 6.18 Å². The Balaban J connectivity index is 1.42. The van der Waals surface area contributed by atoms with Crippen LogP contribution >= 0.6 is 0 Å². The normalized spacial score (nSPS) is 15.2. The number of benzene rings is 1. The van der Waals surface area contributed by atoms with Gasteiger partial charge in [0.1, 0.15) is 17.2 Å². The first kappa shape index (κ1) is 24.7. The fourth-order valence-corrected chi connectivity index (χ4v) is 5.29. The van der Waals surface area contributed by atoms with Crippen LogP contribution in [0.3, 0.4) is 0 Å². The van der Waals surface area contributed by atoms with Crippen LogP contribution in [0, 0.1) is 0 Å². The predicted octanol–water partition coefficient (Wildman–Crippen LogP) is 3.67. The lowest BCUT2D eigenvalue weighted by Gasteiger charge is -2.23. The number of carbonyl (C=O) groups is 1. The maximum Gasteiger partial charge on any atom is 0.421 e. The van der Waals surface area contributed by atoms with Crippen molar-refractivity contribution >= 4 is 44.9 Å². The van der Waals surface area contributed by atoms with Gasteiger partial charge < -0.3 is 16.0 Å². The number of aromatic nitrogens is 3. The van der Waals surface area contributed by atoms with Crippen molar-refractivity contribution in [1.82, 2.24) is 15.0 Å². The van der Waals surface area contributed by atoms with E-state index in [0.29, 0.717) is 36.0 Å². The first-order chi connectivity index (χ1) is 17.5.